The van der Waals surface area contributed by atoms with Crippen LogP contribution < -0.4 is 5.32 Å². The molecule has 0 amide bonds. The lowest BCUT2D eigenvalue weighted by Crippen LogP contribution is -2.41. The Kier molecular flexibility index (Phi) is 3.04. The molecule has 1 rings (SSSR count). The largest absolute Gasteiger partial charge is 0.339 e. The standard InChI is InChI=1S/C5H13N2O3P/c8-11(9,10)5-7-3-1-2-6-4-7/h6H,1-5H2,(H2,8,9,10). The summed E-state index contributed by atoms with van der Waals surface area (Å²) >= 11 is 0. The first-order valence-corrected chi connectivity index (χ1v) is 5.35. The average Bonchev–Trinajstić information content (AvgIpc) is 1.85. The third-order valence-corrected chi connectivity index (χ3v) is 2.32. The molecule has 0 aromatic carbocycles. The van der Waals surface area contributed by atoms with Crippen molar-refractivity contribution in [2.45, 2.75) is 6.42 Å². The van der Waals surface area contributed by atoms with E-state index in [1.165, 1.54) is 0 Å². The first-order valence-electron chi connectivity index (χ1n) is 3.55. The molecule has 3 N–H and O–H groups in total. The highest BCUT2D eigenvalue weighted by molar-refractivity contribution is 7.51. The monoisotopic (exact) mass is 180 g/mol. The molecule has 11 heavy (non-hydrogen) atoms. The first-order chi connectivity index (χ1) is 5.08. The van der Waals surface area contributed by atoms with Crippen LogP contribution in [0.15, 0.2) is 0 Å². The highest BCUT2D eigenvalue weighted by atomic mass is 31.2. The zero-order valence-corrected chi connectivity index (χ0v) is 7.13. The molecule has 1 aliphatic rings. The second kappa shape index (κ2) is 3.65. The quantitative estimate of drug-likeness (QED) is 0.494. The van der Waals surface area contributed by atoms with Gasteiger partial charge < -0.3 is 15.1 Å². The summed E-state index contributed by atoms with van der Waals surface area (Å²) in [7, 11) is -3.85. The molecule has 1 aliphatic heterocycles. The van der Waals surface area contributed by atoms with Crippen LogP contribution in [-0.2, 0) is 4.57 Å². The van der Waals surface area contributed by atoms with Crippen molar-refractivity contribution in [3.05, 3.63) is 0 Å². The van der Waals surface area contributed by atoms with Crippen LogP contribution >= 0.6 is 7.60 Å². The van der Waals surface area contributed by atoms with Crippen LogP contribution in [0.2, 0.25) is 0 Å². The molecule has 0 aromatic heterocycles. The van der Waals surface area contributed by atoms with Crippen LogP contribution in [0.5, 0.6) is 0 Å². The van der Waals surface area contributed by atoms with E-state index in [1.807, 2.05) is 0 Å². The van der Waals surface area contributed by atoms with Crippen molar-refractivity contribution in [3.63, 3.8) is 0 Å². The van der Waals surface area contributed by atoms with Gasteiger partial charge in [-0.25, -0.2) is 0 Å². The van der Waals surface area contributed by atoms with E-state index in [9.17, 15) is 4.57 Å². The fraction of sp³-hybridized carbons (Fsp3) is 1.00. The number of rotatable bonds is 2. The minimum Gasteiger partial charge on any atom is -0.324 e. The molecule has 1 saturated heterocycles. The first kappa shape index (κ1) is 9.16. The summed E-state index contributed by atoms with van der Waals surface area (Å²) in [5.41, 5.74) is 0. The van der Waals surface area contributed by atoms with Crippen LogP contribution in [0.4, 0.5) is 0 Å². The van der Waals surface area contributed by atoms with Crippen molar-refractivity contribution in [1.29, 1.82) is 0 Å². The van der Waals surface area contributed by atoms with Crippen molar-refractivity contribution in [1.82, 2.24) is 10.2 Å². The van der Waals surface area contributed by atoms with Crippen molar-refractivity contribution in [2.75, 3.05) is 26.0 Å². The molecule has 0 spiro atoms. The van der Waals surface area contributed by atoms with Crippen LogP contribution in [0.25, 0.3) is 0 Å². The van der Waals surface area contributed by atoms with Crippen molar-refractivity contribution in [3.8, 4) is 0 Å². The van der Waals surface area contributed by atoms with E-state index in [1.54, 1.807) is 4.90 Å². The molecule has 0 saturated carbocycles. The van der Waals surface area contributed by atoms with E-state index >= 15 is 0 Å². The second-order valence-corrected chi connectivity index (χ2v) is 4.32. The van der Waals surface area contributed by atoms with Crippen LogP contribution in [-0.4, -0.2) is 40.7 Å². The Morgan fingerprint density at radius 1 is 1.55 bits per heavy atom. The maximum absolute atomic E-state index is 10.5. The molecule has 6 heteroatoms. The molecular weight excluding hydrogens is 167 g/mol. The summed E-state index contributed by atoms with van der Waals surface area (Å²) in [5, 5.41) is 3.04. The van der Waals surface area contributed by atoms with Gasteiger partial charge in [0.1, 0.15) is 6.29 Å². The second-order valence-electron chi connectivity index (χ2n) is 2.71. The Morgan fingerprint density at radius 3 is 2.73 bits per heavy atom. The normalized spacial score (nSPS) is 22.0. The van der Waals surface area contributed by atoms with Gasteiger partial charge in [-0.05, 0) is 13.0 Å². The van der Waals surface area contributed by atoms with Gasteiger partial charge in [-0.3, -0.25) is 9.46 Å². The Morgan fingerprint density at radius 2 is 2.27 bits per heavy atom. The van der Waals surface area contributed by atoms with Crippen molar-refractivity contribution < 1.29 is 14.4 Å². The number of hydrogen-bond acceptors (Lipinski definition) is 3. The summed E-state index contributed by atoms with van der Waals surface area (Å²) < 4.78 is 10.5. The highest BCUT2D eigenvalue weighted by Crippen LogP contribution is 2.34. The minimum atomic E-state index is -3.85. The molecule has 0 unspecified atom stereocenters. The summed E-state index contributed by atoms with van der Waals surface area (Å²) in [6.07, 6.45) is 0.833. The van der Waals surface area contributed by atoms with Gasteiger partial charge in [-0.15, -0.1) is 0 Å². The van der Waals surface area contributed by atoms with Gasteiger partial charge in [0.2, 0.25) is 0 Å². The molecule has 1 heterocycles. The molecular formula is C5H13N2O3P. The van der Waals surface area contributed by atoms with Crippen LogP contribution in [0, 0.1) is 0 Å². The zero-order chi connectivity index (χ0) is 8.32. The van der Waals surface area contributed by atoms with E-state index in [-0.39, 0.29) is 6.29 Å². The van der Waals surface area contributed by atoms with Gasteiger partial charge in [0.15, 0.2) is 0 Å². The highest BCUT2D eigenvalue weighted by Gasteiger charge is 2.19. The van der Waals surface area contributed by atoms with Gasteiger partial charge in [0, 0.05) is 13.2 Å². The average molecular weight is 180 g/mol. The molecule has 0 radical (unpaired) electrons. The van der Waals surface area contributed by atoms with Gasteiger partial charge in [-0.2, -0.15) is 0 Å². The van der Waals surface area contributed by atoms with E-state index in [0.717, 1.165) is 19.5 Å². The SMILES string of the molecule is O=P(O)(O)CN1CCCNC1. The molecule has 0 atom stereocenters. The lowest BCUT2D eigenvalue weighted by Gasteiger charge is -2.26. The van der Waals surface area contributed by atoms with Crippen molar-refractivity contribution in [2.24, 2.45) is 0 Å². The van der Waals surface area contributed by atoms with E-state index < -0.39 is 7.60 Å². The molecule has 0 aliphatic carbocycles. The van der Waals surface area contributed by atoms with E-state index in [2.05, 4.69) is 5.32 Å². The lowest BCUT2D eigenvalue weighted by molar-refractivity contribution is 0.226. The summed E-state index contributed by atoms with van der Waals surface area (Å²) in [6.45, 7) is 2.31. The molecule has 66 valence electrons. The van der Waals surface area contributed by atoms with Gasteiger partial charge >= 0.3 is 7.60 Å². The topological polar surface area (TPSA) is 72.8 Å². The third kappa shape index (κ3) is 3.84. The summed E-state index contributed by atoms with van der Waals surface area (Å²) in [5.74, 6) is 0. The van der Waals surface area contributed by atoms with Crippen LogP contribution in [0.3, 0.4) is 0 Å². The Bertz CT molecular complexity index is 163. The maximum Gasteiger partial charge on any atom is 0.339 e. The summed E-state index contributed by atoms with van der Waals surface area (Å²) in [4.78, 5) is 18.9. The van der Waals surface area contributed by atoms with E-state index in [4.69, 9.17) is 9.79 Å². The Balaban J connectivity index is 2.30. The van der Waals surface area contributed by atoms with E-state index in [0.29, 0.717) is 6.67 Å². The number of nitrogens with one attached hydrogen (secondary N) is 1. The van der Waals surface area contributed by atoms with Crippen LogP contribution in [0.1, 0.15) is 6.42 Å². The lowest BCUT2D eigenvalue weighted by atomic mass is 10.3. The zero-order valence-electron chi connectivity index (χ0n) is 6.23. The Labute approximate surface area is 65.6 Å². The smallest absolute Gasteiger partial charge is 0.324 e. The van der Waals surface area contributed by atoms with Gasteiger partial charge in [0.05, 0.1) is 0 Å². The fourth-order valence-electron chi connectivity index (χ4n) is 1.13. The summed E-state index contributed by atoms with van der Waals surface area (Å²) in [6, 6.07) is 0. The minimum absolute atomic E-state index is 0.125. The molecule has 0 bridgehead atoms. The number of hydrogen-bond donors (Lipinski definition) is 3. The molecule has 0 aromatic rings. The number of nitrogens with zero attached hydrogens (tertiary/aromatic N) is 1. The predicted molar refractivity (Wildman–Crippen MR) is 41.1 cm³/mol. The maximum atomic E-state index is 10.5. The van der Waals surface area contributed by atoms with Gasteiger partial charge in [-0.1, -0.05) is 0 Å². The van der Waals surface area contributed by atoms with Crippen molar-refractivity contribution >= 4 is 7.60 Å². The predicted octanol–water partition coefficient (Wildman–Crippen LogP) is -0.626. The fourth-order valence-corrected chi connectivity index (χ4v) is 1.89. The molecule has 5 nitrogen and oxygen atoms in total. The van der Waals surface area contributed by atoms with Gasteiger partial charge in [0.25, 0.3) is 0 Å². The molecule has 1 fully saturated rings. The Hall–Kier alpha value is 0.0700. The third-order valence-electron chi connectivity index (χ3n) is 1.55.